The van der Waals surface area contributed by atoms with Crippen LogP contribution in [0.25, 0.3) is 27.9 Å². The number of hydrogen-bond acceptors (Lipinski definition) is 2. The molecule has 0 aliphatic heterocycles. The second-order valence-corrected chi connectivity index (χ2v) is 4.64. The standard InChI is InChI=1S/C17H16N2O/c1-2-18-19-16-8-4-3-7-14(16)15-12-13(6-5-11-20)9-10-17(15)19/h3-12,18H,2H2,1H3. The molecule has 1 heterocycles. The van der Waals surface area contributed by atoms with E-state index < -0.39 is 0 Å². The van der Waals surface area contributed by atoms with Crippen LogP contribution in [-0.4, -0.2) is 17.5 Å². The number of allylic oxidation sites excluding steroid dienone is 1. The van der Waals surface area contributed by atoms with Gasteiger partial charge in [0.15, 0.2) is 0 Å². The summed E-state index contributed by atoms with van der Waals surface area (Å²) in [7, 11) is 0. The molecule has 2 aromatic carbocycles. The zero-order valence-electron chi connectivity index (χ0n) is 11.3. The molecule has 3 rings (SSSR count). The van der Waals surface area contributed by atoms with Crippen LogP contribution in [0.1, 0.15) is 12.5 Å². The fourth-order valence-corrected chi connectivity index (χ4v) is 2.57. The zero-order valence-corrected chi connectivity index (χ0v) is 11.3. The summed E-state index contributed by atoms with van der Waals surface area (Å²) in [6.45, 7) is 2.95. The Kier molecular flexibility index (Phi) is 3.25. The average Bonchev–Trinajstić information content (AvgIpc) is 2.80. The zero-order chi connectivity index (χ0) is 13.9. The first kappa shape index (κ1) is 12.5. The molecule has 1 N–H and O–H groups in total. The molecular weight excluding hydrogens is 248 g/mol. The molecule has 1 aromatic heterocycles. The molecule has 0 spiro atoms. The van der Waals surface area contributed by atoms with E-state index in [1.165, 1.54) is 22.4 Å². The molecule has 0 unspecified atom stereocenters. The van der Waals surface area contributed by atoms with Crippen LogP contribution in [0.2, 0.25) is 0 Å². The molecular formula is C17H16N2O. The smallest absolute Gasteiger partial charge is 0.142 e. The largest absolute Gasteiger partial charge is 0.326 e. The molecule has 3 heteroatoms. The molecule has 0 fully saturated rings. The molecule has 0 bridgehead atoms. The highest BCUT2D eigenvalue weighted by molar-refractivity contribution is 6.08. The fraction of sp³-hybridized carbons (Fsp3) is 0.118. The van der Waals surface area contributed by atoms with Crippen molar-refractivity contribution in [2.24, 2.45) is 0 Å². The number of hydrogen-bond donors (Lipinski definition) is 1. The van der Waals surface area contributed by atoms with E-state index in [0.29, 0.717) is 0 Å². The van der Waals surface area contributed by atoms with E-state index in [2.05, 4.69) is 41.3 Å². The minimum absolute atomic E-state index is 0.798. The number of fused-ring (bicyclic) bond motifs is 3. The number of benzene rings is 2. The molecule has 100 valence electrons. The Morgan fingerprint density at radius 2 is 1.90 bits per heavy atom. The predicted octanol–water partition coefficient (Wildman–Crippen LogP) is 3.57. The minimum Gasteiger partial charge on any atom is -0.326 e. The minimum atomic E-state index is 0.798. The quantitative estimate of drug-likeness (QED) is 0.577. The second kappa shape index (κ2) is 5.21. The number of aldehydes is 1. The molecule has 0 aliphatic carbocycles. The van der Waals surface area contributed by atoms with Gasteiger partial charge in [-0.05, 0) is 36.8 Å². The van der Waals surface area contributed by atoms with Gasteiger partial charge in [-0.25, -0.2) is 0 Å². The lowest BCUT2D eigenvalue weighted by Crippen LogP contribution is -2.12. The molecule has 0 atom stereocenters. The normalized spacial score (nSPS) is 11.4. The van der Waals surface area contributed by atoms with Gasteiger partial charge in [-0.15, -0.1) is 0 Å². The SMILES string of the molecule is CCNn1c2ccccc2c2cc(C=CC=O)ccc21. The monoisotopic (exact) mass is 264 g/mol. The second-order valence-electron chi connectivity index (χ2n) is 4.64. The number of carbonyl (C=O) groups is 1. The van der Waals surface area contributed by atoms with Crippen molar-refractivity contribution in [2.45, 2.75) is 6.92 Å². The molecule has 0 amide bonds. The lowest BCUT2D eigenvalue weighted by molar-refractivity contribution is -0.104. The number of nitrogens with one attached hydrogen (secondary N) is 1. The summed E-state index contributed by atoms with van der Waals surface area (Å²) in [5, 5.41) is 2.40. The van der Waals surface area contributed by atoms with E-state index in [0.717, 1.165) is 23.9 Å². The summed E-state index contributed by atoms with van der Waals surface area (Å²) in [4.78, 5) is 10.4. The first-order valence-corrected chi connectivity index (χ1v) is 6.74. The van der Waals surface area contributed by atoms with Gasteiger partial charge in [-0.1, -0.05) is 30.3 Å². The van der Waals surface area contributed by atoms with Gasteiger partial charge < -0.3 is 5.43 Å². The van der Waals surface area contributed by atoms with Crippen LogP contribution >= 0.6 is 0 Å². The van der Waals surface area contributed by atoms with E-state index in [1.54, 1.807) is 0 Å². The van der Waals surface area contributed by atoms with Gasteiger partial charge in [-0.2, -0.15) is 0 Å². The van der Waals surface area contributed by atoms with Gasteiger partial charge in [-0.3, -0.25) is 9.47 Å². The van der Waals surface area contributed by atoms with Crippen LogP contribution in [0.15, 0.2) is 48.5 Å². The lowest BCUT2D eigenvalue weighted by Gasteiger charge is -2.08. The van der Waals surface area contributed by atoms with Gasteiger partial charge in [0.2, 0.25) is 0 Å². The van der Waals surface area contributed by atoms with Gasteiger partial charge in [0, 0.05) is 17.3 Å². The Bertz CT molecular complexity index is 799. The Labute approximate surface area is 117 Å². The maximum absolute atomic E-state index is 10.4. The molecule has 3 aromatic rings. The predicted molar refractivity (Wildman–Crippen MR) is 84.4 cm³/mol. The third kappa shape index (κ3) is 1.97. The van der Waals surface area contributed by atoms with E-state index in [9.17, 15) is 4.79 Å². The third-order valence-electron chi connectivity index (χ3n) is 3.38. The van der Waals surface area contributed by atoms with Crippen LogP contribution in [0.5, 0.6) is 0 Å². The van der Waals surface area contributed by atoms with Crippen molar-refractivity contribution >= 4 is 34.2 Å². The summed E-state index contributed by atoms with van der Waals surface area (Å²) in [6, 6.07) is 14.6. The molecule has 3 nitrogen and oxygen atoms in total. The lowest BCUT2D eigenvalue weighted by atomic mass is 10.1. The maximum Gasteiger partial charge on any atom is 0.142 e. The summed E-state index contributed by atoms with van der Waals surface area (Å²) in [5.74, 6) is 0. The van der Waals surface area contributed by atoms with Gasteiger partial charge >= 0.3 is 0 Å². The van der Waals surface area contributed by atoms with Crippen molar-refractivity contribution in [3.8, 4) is 0 Å². The van der Waals surface area contributed by atoms with Crippen LogP contribution < -0.4 is 5.43 Å². The first-order valence-electron chi connectivity index (χ1n) is 6.74. The number of nitrogens with zero attached hydrogens (tertiary/aromatic N) is 1. The molecule has 0 radical (unpaired) electrons. The fourth-order valence-electron chi connectivity index (χ4n) is 2.57. The van der Waals surface area contributed by atoms with Gasteiger partial charge in [0.25, 0.3) is 0 Å². The first-order chi connectivity index (χ1) is 9.85. The van der Waals surface area contributed by atoms with Crippen LogP contribution in [0, 0.1) is 0 Å². The summed E-state index contributed by atoms with van der Waals surface area (Å²) >= 11 is 0. The highest BCUT2D eigenvalue weighted by atomic mass is 16.1. The Morgan fingerprint density at radius 1 is 1.10 bits per heavy atom. The van der Waals surface area contributed by atoms with Crippen molar-refractivity contribution in [3.63, 3.8) is 0 Å². The Balaban J connectivity index is 2.31. The number of rotatable bonds is 4. The van der Waals surface area contributed by atoms with Gasteiger partial charge in [0.1, 0.15) is 6.29 Å². The molecule has 0 aliphatic rings. The van der Waals surface area contributed by atoms with E-state index in [4.69, 9.17) is 0 Å². The van der Waals surface area contributed by atoms with E-state index >= 15 is 0 Å². The number of carbonyl (C=O) groups excluding carboxylic acids is 1. The van der Waals surface area contributed by atoms with Crippen molar-refractivity contribution in [3.05, 3.63) is 54.1 Å². The van der Waals surface area contributed by atoms with E-state index in [1.807, 2.05) is 24.3 Å². The van der Waals surface area contributed by atoms with Crippen molar-refractivity contribution in [1.82, 2.24) is 4.68 Å². The van der Waals surface area contributed by atoms with Crippen LogP contribution in [0.4, 0.5) is 0 Å². The van der Waals surface area contributed by atoms with Crippen molar-refractivity contribution in [1.29, 1.82) is 0 Å². The third-order valence-corrected chi connectivity index (χ3v) is 3.38. The number of aromatic nitrogens is 1. The summed E-state index contributed by atoms with van der Waals surface area (Å²) in [6.07, 6.45) is 4.14. The maximum atomic E-state index is 10.4. The highest BCUT2D eigenvalue weighted by Crippen LogP contribution is 2.29. The molecule has 20 heavy (non-hydrogen) atoms. The summed E-state index contributed by atoms with van der Waals surface area (Å²) < 4.78 is 2.12. The Morgan fingerprint density at radius 3 is 2.70 bits per heavy atom. The van der Waals surface area contributed by atoms with Crippen LogP contribution in [-0.2, 0) is 4.79 Å². The van der Waals surface area contributed by atoms with Crippen molar-refractivity contribution < 1.29 is 4.79 Å². The topological polar surface area (TPSA) is 34.0 Å². The highest BCUT2D eigenvalue weighted by Gasteiger charge is 2.09. The molecule has 0 saturated heterocycles. The number of para-hydroxylation sites is 1. The molecule has 0 saturated carbocycles. The van der Waals surface area contributed by atoms with Crippen molar-refractivity contribution in [2.75, 3.05) is 12.0 Å². The van der Waals surface area contributed by atoms with Crippen LogP contribution in [0.3, 0.4) is 0 Å². The average molecular weight is 264 g/mol. The Hall–Kier alpha value is -2.55. The summed E-state index contributed by atoms with van der Waals surface area (Å²) in [5.41, 5.74) is 6.73. The van der Waals surface area contributed by atoms with E-state index in [-0.39, 0.29) is 0 Å². The van der Waals surface area contributed by atoms with Gasteiger partial charge in [0.05, 0.1) is 11.0 Å².